The number of primary amides is 1. The predicted octanol–water partition coefficient (Wildman–Crippen LogP) is 1.91. The third kappa shape index (κ3) is 9.74. The number of ether oxygens (including phenoxy) is 1. The summed E-state index contributed by atoms with van der Waals surface area (Å²) < 4.78 is 5.10. The lowest BCUT2D eigenvalue weighted by Gasteiger charge is -2.19. The maximum Gasteiger partial charge on any atom is 0.258 e. The van der Waals surface area contributed by atoms with Crippen molar-refractivity contribution in [3.8, 4) is 0 Å². The van der Waals surface area contributed by atoms with Gasteiger partial charge in [0.25, 0.3) is 5.91 Å². The molecule has 0 aliphatic rings. The molecule has 0 aromatic heterocycles. The monoisotopic (exact) mass is 309 g/mol. The second-order valence-corrected chi connectivity index (χ2v) is 5.02. The fraction of sp³-hybridized carbons (Fsp3) is 0.562. The first-order valence-corrected chi connectivity index (χ1v) is 7.51. The molecule has 22 heavy (non-hydrogen) atoms. The molecule has 0 fully saturated rings. The van der Waals surface area contributed by atoms with E-state index in [1.807, 2.05) is 6.08 Å². The van der Waals surface area contributed by atoms with E-state index >= 15 is 0 Å². The largest absolute Gasteiger partial charge is 0.492 e. The molecule has 124 valence electrons. The second kappa shape index (κ2) is 12.6. The Bertz CT molecular complexity index is 394. The van der Waals surface area contributed by atoms with Crippen LogP contribution in [0.4, 0.5) is 0 Å². The van der Waals surface area contributed by atoms with Crippen LogP contribution < -0.4 is 11.1 Å². The summed E-state index contributed by atoms with van der Waals surface area (Å²) in [6, 6.07) is -0.789. The zero-order valence-corrected chi connectivity index (χ0v) is 13.2. The van der Waals surface area contributed by atoms with Crippen LogP contribution in [-0.2, 0) is 14.3 Å². The van der Waals surface area contributed by atoms with Gasteiger partial charge in [-0.2, -0.15) is 0 Å². The van der Waals surface area contributed by atoms with Crippen molar-refractivity contribution in [1.29, 1.82) is 5.41 Å². The first-order chi connectivity index (χ1) is 10.5. The summed E-state index contributed by atoms with van der Waals surface area (Å²) in [5, 5.41) is 9.63. The summed E-state index contributed by atoms with van der Waals surface area (Å²) in [7, 11) is 0. The molecule has 0 aliphatic carbocycles. The lowest BCUT2D eigenvalue weighted by molar-refractivity contribution is -0.129. The van der Waals surface area contributed by atoms with E-state index in [4.69, 9.17) is 15.9 Å². The van der Waals surface area contributed by atoms with Gasteiger partial charge in [-0.15, -0.1) is 6.58 Å². The minimum Gasteiger partial charge on any atom is -0.492 e. The van der Waals surface area contributed by atoms with E-state index in [1.54, 1.807) is 6.08 Å². The van der Waals surface area contributed by atoms with Crippen molar-refractivity contribution >= 4 is 18.0 Å². The van der Waals surface area contributed by atoms with Gasteiger partial charge in [-0.25, -0.2) is 0 Å². The SMILES string of the molecule is C=CC(CC=N)C[C@H](NC(=O)CO/C=C/CCCC)C(N)=O. The highest BCUT2D eigenvalue weighted by Crippen LogP contribution is 2.11. The summed E-state index contributed by atoms with van der Waals surface area (Å²) in [5.41, 5.74) is 5.29. The molecule has 0 saturated carbocycles. The van der Waals surface area contributed by atoms with E-state index in [0.717, 1.165) is 19.3 Å². The average Bonchev–Trinajstić information content (AvgIpc) is 2.49. The predicted molar refractivity (Wildman–Crippen MR) is 87.4 cm³/mol. The number of allylic oxidation sites excluding steroid dienone is 2. The standard InChI is InChI=1S/C16H27N3O3/c1-3-5-6-7-10-22-12-15(20)19-14(16(18)21)11-13(4-2)8-9-17/h4,7,9-10,13-14,17H,2-3,5-6,8,11-12H2,1H3,(H2,18,21)(H,19,20)/b10-7+,17-9?/t13?,14-/m0/s1. The van der Waals surface area contributed by atoms with E-state index in [-0.39, 0.29) is 12.5 Å². The molecular weight excluding hydrogens is 282 g/mol. The number of amides is 2. The molecular formula is C16H27N3O3. The number of hydrogen-bond donors (Lipinski definition) is 3. The maximum atomic E-state index is 11.7. The van der Waals surface area contributed by atoms with Gasteiger partial charge in [0.05, 0.1) is 6.26 Å². The Morgan fingerprint density at radius 2 is 2.18 bits per heavy atom. The third-order valence-corrected chi connectivity index (χ3v) is 3.10. The molecule has 0 spiro atoms. The number of rotatable bonds is 13. The Morgan fingerprint density at radius 1 is 1.45 bits per heavy atom. The summed E-state index contributed by atoms with van der Waals surface area (Å²) in [4.78, 5) is 23.1. The van der Waals surface area contributed by atoms with Gasteiger partial charge >= 0.3 is 0 Å². The lowest BCUT2D eigenvalue weighted by Crippen LogP contribution is -2.46. The van der Waals surface area contributed by atoms with Gasteiger partial charge in [0.15, 0.2) is 6.61 Å². The Morgan fingerprint density at radius 3 is 2.73 bits per heavy atom. The van der Waals surface area contributed by atoms with Crippen LogP contribution in [0.5, 0.6) is 0 Å². The van der Waals surface area contributed by atoms with Crippen molar-refractivity contribution in [2.24, 2.45) is 11.7 Å². The fourth-order valence-corrected chi connectivity index (χ4v) is 1.81. The number of nitrogens with two attached hydrogens (primary N) is 1. The van der Waals surface area contributed by atoms with Crippen LogP contribution in [0, 0.1) is 11.3 Å². The Balaban J connectivity index is 4.23. The zero-order chi connectivity index (χ0) is 16.8. The van der Waals surface area contributed by atoms with Crippen LogP contribution in [0.2, 0.25) is 0 Å². The van der Waals surface area contributed by atoms with E-state index in [9.17, 15) is 9.59 Å². The Labute approximate surface area is 132 Å². The molecule has 4 N–H and O–H groups in total. The van der Waals surface area contributed by atoms with Crippen LogP contribution in [-0.4, -0.2) is 30.7 Å². The van der Waals surface area contributed by atoms with Gasteiger partial charge < -0.3 is 21.2 Å². The van der Waals surface area contributed by atoms with Crippen molar-refractivity contribution in [3.63, 3.8) is 0 Å². The van der Waals surface area contributed by atoms with E-state index in [2.05, 4.69) is 18.8 Å². The van der Waals surface area contributed by atoms with Gasteiger partial charge in [-0.1, -0.05) is 19.4 Å². The molecule has 0 aliphatic heterocycles. The van der Waals surface area contributed by atoms with E-state index in [1.165, 1.54) is 12.5 Å². The molecule has 1 unspecified atom stereocenters. The highest BCUT2D eigenvalue weighted by atomic mass is 16.5. The smallest absolute Gasteiger partial charge is 0.258 e. The van der Waals surface area contributed by atoms with Crippen molar-refractivity contribution in [2.75, 3.05) is 6.61 Å². The van der Waals surface area contributed by atoms with Crippen LogP contribution in [0.25, 0.3) is 0 Å². The summed E-state index contributed by atoms with van der Waals surface area (Å²) >= 11 is 0. The average molecular weight is 309 g/mol. The van der Waals surface area contributed by atoms with Gasteiger partial charge in [-0.05, 0) is 43.9 Å². The molecule has 0 rings (SSSR count). The normalized spacial score (nSPS) is 13.3. The number of nitrogens with one attached hydrogen (secondary N) is 2. The molecule has 0 bridgehead atoms. The van der Waals surface area contributed by atoms with Crippen LogP contribution >= 0.6 is 0 Å². The molecule has 0 heterocycles. The molecule has 0 saturated heterocycles. The molecule has 6 nitrogen and oxygen atoms in total. The number of unbranched alkanes of at least 4 members (excludes halogenated alkanes) is 2. The van der Waals surface area contributed by atoms with Gasteiger partial charge in [0.1, 0.15) is 6.04 Å². The Hall–Kier alpha value is -2.11. The first kappa shape index (κ1) is 19.9. The number of carbonyl (C=O) groups excluding carboxylic acids is 2. The molecule has 2 atom stereocenters. The van der Waals surface area contributed by atoms with Crippen molar-refractivity contribution < 1.29 is 14.3 Å². The molecule has 0 aromatic carbocycles. The quantitative estimate of drug-likeness (QED) is 0.209. The van der Waals surface area contributed by atoms with Crippen LogP contribution in [0.1, 0.15) is 39.0 Å². The summed E-state index contributed by atoms with van der Waals surface area (Å²) in [6.07, 6.45) is 10.1. The van der Waals surface area contributed by atoms with E-state index in [0.29, 0.717) is 12.8 Å². The van der Waals surface area contributed by atoms with Gasteiger partial charge in [0.2, 0.25) is 5.91 Å². The topological polar surface area (TPSA) is 105 Å². The zero-order valence-electron chi connectivity index (χ0n) is 13.2. The molecule has 0 aromatic rings. The van der Waals surface area contributed by atoms with Crippen molar-refractivity contribution in [2.45, 2.75) is 45.1 Å². The molecule has 6 heteroatoms. The maximum absolute atomic E-state index is 11.7. The van der Waals surface area contributed by atoms with Crippen molar-refractivity contribution in [3.05, 3.63) is 25.0 Å². The third-order valence-electron chi connectivity index (χ3n) is 3.10. The number of hydrogen-bond acceptors (Lipinski definition) is 4. The number of carbonyl (C=O) groups is 2. The second-order valence-electron chi connectivity index (χ2n) is 5.02. The van der Waals surface area contributed by atoms with Crippen LogP contribution in [0.3, 0.4) is 0 Å². The minimum absolute atomic E-state index is 0.0786. The van der Waals surface area contributed by atoms with E-state index < -0.39 is 17.9 Å². The minimum atomic E-state index is -0.789. The highest BCUT2D eigenvalue weighted by Gasteiger charge is 2.21. The van der Waals surface area contributed by atoms with Gasteiger partial charge in [0, 0.05) is 0 Å². The Kier molecular flexibility index (Phi) is 11.4. The van der Waals surface area contributed by atoms with Gasteiger partial charge in [-0.3, -0.25) is 9.59 Å². The van der Waals surface area contributed by atoms with Crippen molar-refractivity contribution in [1.82, 2.24) is 5.32 Å². The fourth-order valence-electron chi connectivity index (χ4n) is 1.81. The molecule has 2 amide bonds. The molecule has 0 radical (unpaired) electrons. The summed E-state index contributed by atoms with van der Waals surface area (Å²) in [5.74, 6) is -1.09. The highest BCUT2D eigenvalue weighted by molar-refractivity contribution is 5.87. The summed E-state index contributed by atoms with van der Waals surface area (Å²) in [6.45, 7) is 5.60. The van der Waals surface area contributed by atoms with Crippen LogP contribution in [0.15, 0.2) is 25.0 Å². The lowest BCUT2D eigenvalue weighted by atomic mass is 9.96. The first-order valence-electron chi connectivity index (χ1n) is 7.51.